The van der Waals surface area contributed by atoms with Crippen molar-refractivity contribution in [3.8, 4) is 0 Å². The van der Waals surface area contributed by atoms with Crippen molar-refractivity contribution in [3.63, 3.8) is 0 Å². The number of carbonyl (C=O) groups excluding carboxylic acids is 1. The van der Waals surface area contributed by atoms with E-state index in [4.69, 9.17) is 23.2 Å². The number of hydrogen-bond acceptors (Lipinski definition) is 3. The van der Waals surface area contributed by atoms with Gasteiger partial charge in [0.1, 0.15) is 10.2 Å². The first-order valence-electron chi connectivity index (χ1n) is 5.23. The van der Waals surface area contributed by atoms with E-state index >= 15 is 0 Å². The first kappa shape index (κ1) is 13.1. The number of thiophene rings is 2. The molecule has 1 aromatic carbocycles. The van der Waals surface area contributed by atoms with Crippen LogP contribution in [0.5, 0.6) is 0 Å². The van der Waals surface area contributed by atoms with Crippen LogP contribution in [0, 0.1) is 5.82 Å². The summed E-state index contributed by atoms with van der Waals surface area (Å²) >= 11 is 14.2. The van der Waals surface area contributed by atoms with Crippen molar-refractivity contribution < 1.29 is 9.18 Å². The fourth-order valence-electron chi connectivity index (χ4n) is 1.74. The summed E-state index contributed by atoms with van der Waals surface area (Å²) in [5.74, 6) is -0.500. The summed E-state index contributed by atoms with van der Waals surface area (Å²) < 4.78 is 14.7. The van der Waals surface area contributed by atoms with E-state index in [1.54, 1.807) is 18.2 Å². The quantitative estimate of drug-likeness (QED) is 0.555. The Kier molecular flexibility index (Phi) is 3.35. The van der Waals surface area contributed by atoms with Crippen molar-refractivity contribution >= 4 is 61.7 Å². The average molecular weight is 331 g/mol. The zero-order valence-electron chi connectivity index (χ0n) is 9.25. The van der Waals surface area contributed by atoms with E-state index in [0.717, 1.165) is 21.4 Å². The molecule has 0 atom stereocenters. The molecule has 2 heterocycles. The van der Waals surface area contributed by atoms with Crippen molar-refractivity contribution in [1.29, 1.82) is 0 Å². The van der Waals surface area contributed by atoms with Crippen LogP contribution in [0.1, 0.15) is 15.2 Å². The fourth-order valence-corrected chi connectivity index (χ4v) is 4.24. The van der Waals surface area contributed by atoms with E-state index in [2.05, 4.69) is 0 Å². The summed E-state index contributed by atoms with van der Waals surface area (Å²) in [6, 6.07) is 7.74. The highest BCUT2D eigenvalue weighted by Crippen LogP contribution is 2.35. The second kappa shape index (κ2) is 4.87. The van der Waals surface area contributed by atoms with E-state index in [-0.39, 0.29) is 11.6 Å². The van der Waals surface area contributed by atoms with Gasteiger partial charge in [-0.2, -0.15) is 0 Å². The third kappa shape index (κ3) is 2.41. The minimum Gasteiger partial charge on any atom is -0.288 e. The van der Waals surface area contributed by atoms with Gasteiger partial charge in [-0.15, -0.1) is 22.7 Å². The molecule has 0 fully saturated rings. The Balaban J connectivity index is 2.09. The Morgan fingerprint density at radius 3 is 2.58 bits per heavy atom. The molecular formula is C13H5Cl2FOS2. The standard InChI is InChI=1S/C13H5Cl2FOS2/c14-11-5-8(13(15)19-11)12(17)10-3-6-1-2-7(16)4-9(6)18-10/h1-5H. The normalized spacial score (nSPS) is 11.1. The number of ketones is 1. The van der Waals surface area contributed by atoms with Crippen LogP contribution < -0.4 is 0 Å². The predicted molar refractivity (Wildman–Crippen MR) is 79.6 cm³/mol. The molecule has 0 saturated heterocycles. The molecule has 3 rings (SSSR count). The monoisotopic (exact) mass is 330 g/mol. The van der Waals surface area contributed by atoms with Gasteiger partial charge in [-0.3, -0.25) is 4.79 Å². The molecular weight excluding hydrogens is 326 g/mol. The highest BCUT2D eigenvalue weighted by molar-refractivity contribution is 7.22. The Bertz CT molecular complexity index is 791. The lowest BCUT2D eigenvalue weighted by atomic mass is 10.1. The molecule has 1 nitrogen and oxygen atoms in total. The second-order valence-corrected chi connectivity index (χ2v) is 7.23. The lowest BCUT2D eigenvalue weighted by Gasteiger charge is -1.93. The summed E-state index contributed by atoms with van der Waals surface area (Å²) in [7, 11) is 0. The van der Waals surface area contributed by atoms with Gasteiger partial charge >= 0.3 is 0 Å². The minimum atomic E-state index is -0.315. The van der Waals surface area contributed by atoms with Crippen LogP contribution in [0.3, 0.4) is 0 Å². The largest absolute Gasteiger partial charge is 0.288 e. The van der Waals surface area contributed by atoms with E-state index in [9.17, 15) is 9.18 Å². The number of halogens is 3. The Morgan fingerprint density at radius 2 is 1.89 bits per heavy atom. The van der Waals surface area contributed by atoms with Gasteiger partial charge in [-0.25, -0.2) is 4.39 Å². The zero-order chi connectivity index (χ0) is 13.6. The Labute approximate surface area is 126 Å². The molecule has 0 saturated carbocycles. The fraction of sp³-hybridized carbons (Fsp3) is 0. The summed E-state index contributed by atoms with van der Waals surface area (Å²) in [5, 5.41) is 0.840. The lowest BCUT2D eigenvalue weighted by molar-refractivity contribution is 0.104. The molecule has 0 aliphatic rings. The molecule has 0 aliphatic carbocycles. The molecule has 0 radical (unpaired) electrons. The number of hydrogen-bond donors (Lipinski definition) is 0. The van der Waals surface area contributed by atoms with Crippen LogP contribution in [-0.4, -0.2) is 5.78 Å². The van der Waals surface area contributed by atoms with Crippen molar-refractivity contribution in [3.05, 3.63) is 55.3 Å². The Hall–Kier alpha value is -0.940. The maximum atomic E-state index is 13.1. The first-order valence-corrected chi connectivity index (χ1v) is 7.62. The van der Waals surface area contributed by atoms with Gasteiger partial charge in [0.05, 0.1) is 14.8 Å². The van der Waals surface area contributed by atoms with Crippen LogP contribution >= 0.6 is 45.9 Å². The number of benzene rings is 1. The number of rotatable bonds is 2. The van der Waals surface area contributed by atoms with Gasteiger partial charge in [-0.1, -0.05) is 29.3 Å². The highest BCUT2D eigenvalue weighted by Gasteiger charge is 2.18. The molecule has 3 aromatic rings. The molecule has 0 N–H and O–H groups in total. The molecule has 0 amide bonds. The van der Waals surface area contributed by atoms with Crippen molar-refractivity contribution in [2.45, 2.75) is 0 Å². The first-order chi connectivity index (χ1) is 9.04. The van der Waals surface area contributed by atoms with Gasteiger partial charge in [0.2, 0.25) is 5.78 Å². The smallest absolute Gasteiger partial charge is 0.205 e. The van der Waals surface area contributed by atoms with Gasteiger partial charge in [-0.05, 0) is 29.7 Å². The third-order valence-electron chi connectivity index (χ3n) is 2.61. The summed E-state index contributed by atoms with van der Waals surface area (Å²) in [6.45, 7) is 0. The molecule has 19 heavy (non-hydrogen) atoms. The Morgan fingerprint density at radius 1 is 1.11 bits per heavy atom. The van der Waals surface area contributed by atoms with Crippen molar-refractivity contribution in [1.82, 2.24) is 0 Å². The van der Waals surface area contributed by atoms with Gasteiger partial charge in [0, 0.05) is 4.70 Å². The van der Waals surface area contributed by atoms with Gasteiger partial charge < -0.3 is 0 Å². The molecule has 0 bridgehead atoms. The second-order valence-electron chi connectivity index (χ2n) is 3.86. The van der Waals surface area contributed by atoms with Crippen molar-refractivity contribution in [2.24, 2.45) is 0 Å². The maximum absolute atomic E-state index is 13.1. The van der Waals surface area contributed by atoms with Crippen LogP contribution in [0.4, 0.5) is 4.39 Å². The average Bonchev–Trinajstić information content (AvgIpc) is 2.91. The molecule has 0 spiro atoms. The van der Waals surface area contributed by atoms with Crippen molar-refractivity contribution in [2.75, 3.05) is 0 Å². The summed E-state index contributed by atoms with van der Waals surface area (Å²) in [4.78, 5) is 12.8. The predicted octanol–water partition coefficient (Wildman–Crippen LogP) is 5.64. The maximum Gasteiger partial charge on any atom is 0.205 e. The van der Waals surface area contributed by atoms with Crippen LogP contribution in [0.15, 0.2) is 30.3 Å². The van der Waals surface area contributed by atoms with Crippen LogP contribution in [-0.2, 0) is 0 Å². The lowest BCUT2D eigenvalue weighted by Crippen LogP contribution is -1.96. The van der Waals surface area contributed by atoms with E-state index in [0.29, 0.717) is 19.1 Å². The highest BCUT2D eigenvalue weighted by atomic mass is 35.5. The number of fused-ring (bicyclic) bond motifs is 1. The molecule has 2 aromatic heterocycles. The minimum absolute atomic E-state index is 0.185. The third-order valence-corrected chi connectivity index (χ3v) is 5.19. The van der Waals surface area contributed by atoms with E-state index in [1.165, 1.54) is 23.5 Å². The van der Waals surface area contributed by atoms with E-state index in [1.807, 2.05) is 0 Å². The van der Waals surface area contributed by atoms with E-state index < -0.39 is 0 Å². The SMILES string of the molecule is O=C(c1cc2ccc(F)cc2s1)c1cc(Cl)sc1Cl. The molecule has 96 valence electrons. The molecule has 0 unspecified atom stereocenters. The van der Waals surface area contributed by atoms with Crippen LogP contribution in [0.25, 0.3) is 10.1 Å². The zero-order valence-corrected chi connectivity index (χ0v) is 12.4. The van der Waals surface area contributed by atoms with Gasteiger partial charge in [0.15, 0.2) is 0 Å². The topological polar surface area (TPSA) is 17.1 Å². The van der Waals surface area contributed by atoms with Crippen LogP contribution in [0.2, 0.25) is 8.67 Å². The summed E-state index contributed by atoms with van der Waals surface area (Å²) in [5.41, 5.74) is 0.392. The molecule has 6 heteroatoms. The molecule has 0 aliphatic heterocycles. The van der Waals surface area contributed by atoms with Gasteiger partial charge in [0.25, 0.3) is 0 Å². The number of carbonyl (C=O) groups is 1. The summed E-state index contributed by atoms with van der Waals surface area (Å²) in [6.07, 6.45) is 0.